The predicted molar refractivity (Wildman–Crippen MR) is 232 cm³/mol. The van der Waals surface area contributed by atoms with Crippen molar-refractivity contribution in [3.8, 4) is 28.4 Å². The first kappa shape index (κ1) is 43.7. The van der Waals surface area contributed by atoms with Crippen LogP contribution in [-0.2, 0) is 14.3 Å². The second-order valence-corrected chi connectivity index (χ2v) is 15.6. The first-order chi connectivity index (χ1) is 28.9. The fraction of sp³-hybridized carbons (Fsp3) is 0.469. The van der Waals surface area contributed by atoms with Gasteiger partial charge in [-0.3, -0.25) is 4.90 Å². The number of aliphatic hydroxyl groups is 2. The van der Waals surface area contributed by atoms with Gasteiger partial charge in [0.05, 0.1) is 24.8 Å². The quantitative estimate of drug-likeness (QED) is 0.0585. The van der Waals surface area contributed by atoms with Gasteiger partial charge in [-0.15, -0.1) is 13.2 Å². The summed E-state index contributed by atoms with van der Waals surface area (Å²) in [6.07, 6.45) is 11.6. The Kier molecular flexibility index (Phi) is 15.8. The van der Waals surface area contributed by atoms with Gasteiger partial charge in [-0.25, -0.2) is 4.79 Å². The molecule has 0 saturated heterocycles. The van der Waals surface area contributed by atoms with E-state index in [1.54, 1.807) is 17.1 Å². The van der Waals surface area contributed by atoms with Gasteiger partial charge < -0.3 is 34.0 Å². The maximum atomic E-state index is 14.2. The third-order valence-corrected chi connectivity index (χ3v) is 11.8. The first-order valence-corrected chi connectivity index (χ1v) is 21.5. The van der Waals surface area contributed by atoms with Crippen LogP contribution in [0.3, 0.4) is 0 Å². The number of amides is 1. The average Bonchev–Trinajstić information content (AvgIpc) is 3.26. The van der Waals surface area contributed by atoms with E-state index in [1.807, 2.05) is 56.3 Å². The number of rotatable bonds is 22. The van der Waals surface area contributed by atoms with Gasteiger partial charge >= 0.3 is 6.09 Å². The van der Waals surface area contributed by atoms with E-state index in [9.17, 15) is 15.0 Å². The smallest absolute Gasteiger partial charge is 0.410 e. The molecule has 1 aliphatic heterocycles. The van der Waals surface area contributed by atoms with E-state index >= 15 is 0 Å². The first-order valence-electron chi connectivity index (χ1n) is 21.5. The molecule has 2 N–H and O–H groups in total. The van der Waals surface area contributed by atoms with E-state index in [4.69, 9.17) is 28.9 Å². The van der Waals surface area contributed by atoms with Gasteiger partial charge in [0.1, 0.15) is 29.9 Å². The number of oxime groups is 1. The average molecular weight is 807 g/mol. The van der Waals surface area contributed by atoms with Gasteiger partial charge in [0.25, 0.3) is 0 Å². The highest BCUT2D eigenvalue weighted by Crippen LogP contribution is 2.62. The van der Waals surface area contributed by atoms with Gasteiger partial charge in [0.15, 0.2) is 0 Å². The molecule has 0 spiro atoms. The summed E-state index contributed by atoms with van der Waals surface area (Å²) >= 11 is 0. The molecule has 3 aromatic rings. The molecule has 10 heteroatoms. The molecule has 316 valence electrons. The Morgan fingerprint density at radius 1 is 0.932 bits per heavy atom. The molecule has 1 heterocycles. The van der Waals surface area contributed by atoms with Crippen LogP contribution in [0.2, 0.25) is 0 Å². The summed E-state index contributed by atoms with van der Waals surface area (Å²) in [5.74, 6) is 0.332. The Morgan fingerprint density at radius 3 is 2.36 bits per heavy atom. The van der Waals surface area contributed by atoms with Crippen molar-refractivity contribution in [2.45, 2.75) is 89.4 Å². The maximum absolute atomic E-state index is 14.2. The van der Waals surface area contributed by atoms with E-state index in [1.165, 1.54) is 0 Å². The lowest BCUT2D eigenvalue weighted by Crippen LogP contribution is -2.70. The van der Waals surface area contributed by atoms with Crippen LogP contribution in [0.25, 0.3) is 11.1 Å². The summed E-state index contributed by atoms with van der Waals surface area (Å²) in [4.78, 5) is 21.8. The topological polar surface area (TPSA) is 119 Å². The molecule has 10 nitrogen and oxygen atoms in total. The Hall–Kier alpha value is -4.90. The normalized spacial score (nSPS) is 23.6. The number of carbonyl (C=O) groups is 1. The molecule has 3 aromatic carbocycles. The monoisotopic (exact) mass is 806 g/mol. The van der Waals surface area contributed by atoms with Crippen molar-refractivity contribution in [1.82, 2.24) is 4.90 Å². The third-order valence-electron chi connectivity index (χ3n) is 11.8. The Balaban J connectivity index is 1.52. The fourth-order valence-corrected chi connectivity index (χ4v) is 9.26. The van der Waals surface area contributed by atoms with Gasteiger partial charge in [-0.05, 0) is 104 Å². The van der Waals surface area contributed by atoms with Crippen LogP contribution in [0.15, 0.2) is 115 Å². The second kappa shape index (κ2) is 21.4. The summed E-state index contributed by atoms with van der Waals surface area (Å²) in [6, 6.07) is 23.7. The van der Waals surface area contributed by atoms with Gasteiger partial charge in [-0.1, -0.05) is 85.6 Å². The number of benzene rings is 3. The number of aliphatic hydroxyl groups excluding tert-OH is 2. The molecular weight excluding hydrogens is 745 g/mol. The predicted octanol–water partition coefficient (Wildman–Crippen LogP) is 10.2. The van der Waals surface area contributed by atoms with Crippen LogP contribution in [0.5, 0.6) is 17.2 Å². The number of carbonyl (C=O) groups excluding carboxylic acids is 1. The molecule has 3 aliphatic rings. The van der Waals surface area contributed by atoms with Crippen LogP contribution >= 0.6 is 0 Å². The molecule has 0 aromatic heterocycles. The number of ether oxygens (including phenoxy) is 4. The van der Waals surface area contributed by atoms with Gasteiger partial charge in [0.2, 0.25) is 5.79 Å². The lowest BCUT2D eigenvalue weighted by molar-refractivity contribution is -0.255. The number of unbranched alkanes of at least 4 members (excludes halogenated alkanes) is 2. The highest BCUT2D eigenvalue weighted by molar-refractivity contribution is 6.03. The summed E-state index contributed by atoms with van der Waals surface area (Å²) in [5.41, 5.74) is 4.97. The van der Waals surface area contributed by atoms with E-state index in [2.05, 4.69) is 49.6 Å². The van der Waals surface area contributed by atoms with Crippen molar-refractivity contribution in [1.29, 1.82) is 0 Å². The van der Waals surface area contributed by atoms with Crippen molar-refractivity contribution in [3.05, 3.63) is 115 Å². The fourth-order valence-electron chi connectivity index (χ4n) is 9.26. The zero-order valence-electron chi connectivity index (χ0n) is 34.8. The second-order valence-electron chi connectivity index (χ2n) is 15.6. The zero-order chi connectivity index (χ0) is 41.6. The van der Waals surface area contributed by atoms with E-state index in [0.29, 0.717) is 62.5 Å². The Bertz CT molecular complexity index is 1900. The molecule has 59 heavy (non-hydrogen) atoms. The van der Waals surface area contributed by atoms with E-state index < -0.39 is 23.8 Å². The lowest BCUT2D eigenvalue weighted by Gasteiger charge is -2.59. The largest absolute Gasteiger partial charge is 0.459 e. The number of hydrogen-bond acceptors (Lipinski definition) is 9. The van der Waals surface area contributed by atoms with Crippen LogP contribution in [0.1, 0.15) is 83.1 Å². The number of allylic oxidation sites excluding steroid dienone is 1. The number of fused-ring (bicyclic) bond motifs is 2. The standard InChI is InChI=1S/C49H62N2O8/c1-5-9-31-55-48(54)51(27-6-2)45-34-43(50-57-8-4)41-32-37(19-13-15-28-52)40(20-14-16-29-53)46-42-33-39(25-26-44(42)59-49(45,47(41)46)56-30-7-3)58-38-23-21-36(22-24-38)35-17-11-10-12-18-35/h5,7,10-12,17-18,21-26,32-33,37,40,45-47,52-53H,1,3,6,8-9,13-16,19-20,27-31,34H2,2,4H3/t37-,40+,45-,46+,47+,49+/m0/s1. The summed E-state index contributed by atoms with van der Waals surface area (Å²) in [7, 11) is 0. The zero-order valence-corrected chi connectivity index (χ0v) is 34.8. The SMILES string of the molecule is C=CCCOC(=O)N(CCC)[C@H]1CC(=NOCC)C2=C[C@H](CCCCO)[C@@H](CCCCO)[C@@H]3c4cc(Oc5ccc(-c6ccccc6)cc5)ccc4O[C@@]1(OCC=C)[C@H]23. The maximum Gasteiger partial charge on any atom is 0.410 e. The van der Waals surface area contributed by atoms with Crippen molar-refractivity contribution in [2.75, 3.05) is 39.6 Å². The van der Waals surface area contributed by atoms with Crippen LogP contribution < -0.4 is 9.47 Å². The summed E-state index contributed by atoms with van der Waals surface area (Å²) in [5, 5.41) is 24.6. The van der Waals surface area contributed by atoms with Crippen molar-refractivity contribution in [2.24, 2.45) is 22.9 Å². The molecule has 6 atom stereocenters. The molecular formula is C49H62N2O8. The summed E-state index contributed by atoms with van der Waals surface area (Å²) < 4.78 is 26.8. The van der Waals surface area contributed by atoms with Crippen LogP contribution in [-0.4, -0.2) is 78.3 Å². The molecule has 6 rings (SSSR count). The van der Waals surface area contributed by atoms with Crippen molar-refractivity contribution >= 4 is 11.8 Å². The third kappa shape index (κ3) is 9.94. The van der Waals surface area contributed by atoms with Crippen molar-refractivity contribution in [3.63, 3.8) is 0 Å². The van der Waals surface area contributed by atoms with Crippen LogP contribution in [0, 0.1) is 17.8 Å². The van der Waals surface area contributed by atoms with E-state index in [0.717, 1.165) is 53.7 Å². The molecule has 0 bridgehead atoms. The molecule has 1 fully saturated rings. The number of hydrogen-bond donors (Lipinski definition) is 2. The molecule has 1 saturated carbocycles. The van der Waals surface area contributed by atoms with E-state index in [-0.39, 0.29) is 44.2 Å². The minimum atomic E-state index is -1.35. The highest BCUT2D eigenvalue weighted by Gasteiger charge is 2.65. The molecule has 2 aliphatic carbocycles. The number of nitrogens with zero attached hydrogens (tertiary/aromatic N) is 2. The summed E-state index contributed by atoms with van der Waals surface area (Å²) in [6.45, 7) is 13.2. The Morgan fingerprint density at radius 2 is 1.66 bits per heavy atom. The lowest BCUT2D eigenvalue weighted by atomic mass is 9.55. The molecule has 0 unspecified atom stereocenters. The van der Waals surface area contributed by atoms with Gasteiger partial charge in [0, 0.05) is 37.7 Å². The highest BCUT2D eigenvalue weighted by atomic mass is 16.7. The molecule has 0 radical (unpaired) electrons. The minimum Gasteiger partial charge on any atom is -0.459 e. The van der Waals surface area contributed by atoms with Crippen LogP contribution in [0.4, 0.5) is 4.79 Å². The molecule has 1 amide bonds. The Labute approximate surface area is 350 Å². The van der Waals surface area contributed by atoms with Crippen molar-refractivity contribution < 1.29 is 38.8 Å². The van der Waals surface area contributed by atoms with Gasteiger partial charge in [-0.2, -0.15) is 0 Å². The minimum absolute atomic E-state index is 0.0926.